The molecule has 0 aliphatic carbocycles. The fourth-order valence-electron chi connectivity index (χ4n) is 4.73. The first-order chi connectivity index (χ1) is 19.9. The van der Waals surface area contributed by atoms with Gasteiger partial charge in [0.05, 0.1) is 27.5 Å². The molecule has 224 valence electrons. The van der Waals surface area contributed by atoms with E-state index in [4.69, 9.17) is 4.74 Å². The lowest BCUT2D eigenvalue weighted by Crippen LogP contribution is -2.37. The Morgan fingerprint density at radius 2 is 1.79 bits per heavy atom. The lowest BCUT2D eigenvalue weighted by atomic mass is 10.1. The summed E-state index contributed by atoms with van der Waals surface area (Å²) in [6, 6.07) is 14.9. The van der Waals surface area contributed by atoms with Crippen molar-refractivity contribution < 1.29 is 22.3 Å². The molecule has 3 N–H and O–H groups in total. The molecule has 2 unspecified atom stereocenters. The van der Waals surface area contributed by atoms with Gasteiger partial charge in [0.15, 0.2) is 5.82 Å². The summed E-state index contributed by atoms with van der Waals surface area (Å²) in [4.78, 5) is 17.7. The molecule has 12 heteroatoms. The number of anilines is 3. The van der Waals surface area contributed by atoms with Crippen LogP contribution in [0.15, 0.2) is 70.5 Å². The molecule has 42 heavy (non-hydrogen) atoms. The van der Waals surface area contributed by atoms with Gasteiger partial charge in [0, 0.05) is 49.5 Å². The molecule has 3 aromatic carbocycles. The Bertz CT molecular complexity index is 1670. The van der Waals surface area contributed by atoms with Crippen LogP contribution in [-0.2, 0) is 14.6 Å². The Labute approximate surface area is 245 Å². The van der Waals surface area contributed by atoms with Crippen LogP contribution in [0.3, 0.4) is 0 Å². The maximum atomic E-state index is 13.8. The largest absolute Gasteiger partial charge is 0.383 e. The van der Waals surface area contributed by atoms with Gasteiger partial charge in [0.2, 0.25) is 9.84 Å². The van der Waals surface area contributed by atoms with Crippen molar-refractivity contribution in [2.75, 3.05) is 56.9 Å². The van der Waals surface area contributed by atoms with E-state index in [1.807, 2.05) is 40.2 Å². The zero-order chi connectivity index (χ0) is 30.6. The van der Waals surface area contributed by atoms with Crippen molar-refractivity contribution in [3.63, 3.8) is 0 Å². The Hall–Kier alpha value is -4.00. The Kier molecular flexibility index (Phi) is 9.50. The second kappa shape index (κ2) is 12.9. The SMILES string of the molecule is COCC(C)Nc1cc(N(C)C(C)CN(C)C)ccc1C(=O)Nc1n[nH]c2ccc(S(=O)(=O)c3cccc(F)c3)cc12. The molecule has 0 fully saturated rings. The number of sulfone groups is 1. The normalized spacial score (nSPS) is 13.2. The molecule has 1 heterocycles. The standard InChI is InChI=1S/C30H37FN6O4S/c1-19(18-41-6)32-28-15-22(37(5)20(2)17-36(3)4)10-12-25(28)30(38)33-29-26-16-24(11-13-27(26)34-35-29)42(39,40)23-9-7-8-21(31)14-23/h7-16,19-20,32H,17-18H2,1-6H3,(H2,33,34,35,38). The second-order valence-corrected chi connectivity index (χ2v) is 12.6. The molecule has 0 radical (unpaired) electrons. The van der Waals surface area contributed by atoms with Gasteiger partial charge >= 0.3 is 0 Å². The number of amides is 1. The molecule has 10 nitrogen and oxygen atoms in total. The molecule has 0 aliphatic rings. The molecule has 4 aromatic rings. The summed E-state index contributed by atoms with van der Waals surface area (Å²) in [5, 5.41) is 13.6. The molecule has 1 aromatic heterocycles. The first-order valence-electron chi connectivity index (χ1n) is 13.5. The van der Waals surface area contributed by atoms with Gasteiger partial charge < -0.3 is 25.2 Å². The van der Waals surface area contributed by atoms with Crippen molar-refractivity contribution in [1.29, 1.82) is 0 Å². The van der Waals surface area contributed by atoms with E-state index in [-0.39, 0.29) is 27.7 Å². The predicted octanol–water partition coefficient (Wildman–Crippen LogP) is 4.62. The highest BCUT2D eigenvalue weighted by atomic mass is 32.2. The van der Waals surface area contributed by atoms with E-state index in [9.17, 15) is 17.6 Å². The van der Waals surface area contributed by atoms with Crippen LogP contribution in [0.2, 0.25) is 0 Å². The number of carbonyl (C=O) groups excluding carboxylic acids is 1. The molecule has 0 saturated heterocycles. The van der Waals surface area contributed by atoms with Gasteiger partial charge in [-0.3, -0.25) is 9.89 Å². The topological polar surface area (TPSA) is 120 Å². The number of aromatic amines is 1. The van der Waals surface area contributed by atoms with Crippen LogP contribution < -0.4 is 15.5 Å². The minimum absolute atomic E-state index is 0.0486. The molecule has 0 bridgehead atoms. The number of hydrogen-bond donors (Lipinski definition) is 3. The number of rotatable bonds is 12. The lowest BCUT2D eigenvalue weighted by molar-refractivity contribution is 0.102. The van der Waals surface area contributed by atoms with Crippen LogP contribution in [0.1, 0.15) is 24.2 Å². The minimum Gasteiger partial charge on any atom is -0.383 e. The van der Waals surface area contributed by atoms with E-state index in [0.29, 0.717) is 28.8 Å². The number of nitrogens with one attached hydrogen (secondary N) is 3. The number of hydrogen-bond acceptors (Lipinski definition) is 8. The van der Waals surface area contributed by atoms with E-state index in [0.717, 1.165) is 18.3 Å². The predicted molar refractivity (Wildman–Crippen MR) is 164 cm³/mol. The van der Waals surface area contributed by atoms with Gasteiger partial charge in [-0.05, 0) is 82.5 Å². The summed E-state index contributed by atoms with van der Waals surface area (Å²) < 4.78 is 45.4. The van der Waals surface area contributed by atoms with Gasteiger partial charge in [0.1, 0.15) is 5.82 Å². The first-order valence-corrected chi connectivity index (χ1v) is 15.0. The van der Waals surface area contributed by atoms with Crippen LogP contribution in [0.5, 0.6) is 0 Å². The van der Waals surface area contributed by atoms with Crippen molar-refractivity contribution >= 4 is 43.8 Å². The van der Waals surface area contributed by atoms with Gasteiger partial charge in [-0.2, -0.15) is 5.10 Å². The van der Waals surface area contributed by atoms with E-state index >= 15 is 0 Å². The highest BCUT2D eigenvalue weighted by molar-refractivity contribution is 7.91. The number of aromatic nitrogens is 2. The smallest absolute Gasteiger partial charge is 0.258 e. The van der Waals surface area contributed by atoms with Crippen LogP contribution >= 0.6 is 0 Å². The molecular formula is C30H37FN6O4S. The van der Waals surface area contributed by atoms with Crippen molar-refractivity contribution in [2.24, 2.45) is 0 Å². The highest BCUT2D eigenvalue weighted by Gasteiger charge is 2.22. The number of benzene rings is 3. The van der Waals surface area contributed by atoms with E-state index < -0.39 is 21.6 Å². The number of carbonyl (C=O) groups is 1. The summed E-state index contributed by atoms with van der Waals surface area (Å²) in [6.07, 6.45) is 0. The molecule has 0 saturated carbocycles. The summed E-state index contributed by atoms with van der Waals surface area (Å²) in [5.41, 5.74) is 2.47. The number of halogens is 1. The highest BCUT2D eigenvalue weighted by Crippen LogP contribution is 2.30. The monoisotopic (exact) mass is 596 g/mol. The maximum Gasteiger partial charge on any atom is 0.258 e. The van der Waals surface area contributed by atoms with Crippen molar-refractivity contribution in [2.45, 2.75) is 35.7 Å². The molecule has 1 amide bonds. The van der Waals surface area contributed by atoms with Gasteiger partial charge in [-0.15, -0.1) is 0 Å². The second-order valence-electron chi connectivity index (χ2n) is 10.6. The van der Waals surface area contributed by atoms with Crippen molar-refractivity contribution in [3.05, 3.63) is 72.0 Å². The average molecular weight is 597 g/mol. The summed E-state index contributed by atoms with van der Waals surface area (Å²) >= 11 is 0. The Morgan fingerprint density at radius 1 is 1.05 bits per heavy atom. The quantitative estimate of drug-likeness (QED) is 0.217. The molecular weight excluding hydrogens is 559 g/mol. The summed E-state index contributed by atoms with van der Waals surface area (Å²) in [7, 11) is 3.67. The number of methoxy groups -OCH3 is 1. The minimum atomic E-state index is -4.01. The third-order valence-electron chi connectivity index (χ3n) is 6.95. The fourth-order valence-corrected chi connectivity index (χ4v) is 6.05. The maximum absolute atomic E-state index is 13.8. The van der Waals surface area contributed by atoms with Gasteiger partial charge in [-0.1, -0.05) is 6.07 Å². The molecule has 2 atom stereocenters. The Morgan fingerprint density at radius 3 is 2.48 bits per heavy atom. The van der Waals surface area contributed by atoms with Crippen molar-refractivity contribution in [1.82, 2.24) is 15.1 Å². The van der Waals surface area contributed by atoms with E-state index in [1.165, 1.54) is 30.3 Å². The zero-order valence-corrected chi connectivity index (χ0v) is 25.4. The van der Waals surface area contributed by atoms with Crippen LogP contribution in [0, 0.1) is 5.82 Å². The number of ether oxygens (including phenoxy) is 1. The van der Waals surface area contributed by atoms with Crippen molar-refractivity contribution in [3.8, 4) is 0 Å². The molecule has 0 aliphatic heterocycles. The number of H-pyrrole nitrogens is 1. The van der Waals surface area contributed by atoms with Crippen LogP contribution in [0.4, 0.5) is 21.6 Å². The zero-order valence-electron chi connectivity index (χ0n) is 24.6. The van der Waals surface area contributed by atoms with E-state index in [1.54, 1.807) is 19.2 Å². The lowest BCUT2D eigenvalue weighted by Gasteiger charge is -2.30. The first kappa shape index (κ1) is 30.9. The third kappa shape index (κ3) is 6.89. The average Bonchev–Trinajstić information content (AvgIpc) is 3.34. The van der Waals surface area contributed by atoms with Crippen LogP contribution in [0.25, 0.3) is 10.9 Å². The molecule has 4 rings (SSSR count). The van der Waals surface area contributed by atoms with E-state index in [2.05, 4.69) is 37.6 Å². The van der Waals surface area contributed by atoms with Gasteiger partial charge in [-0.25, -0.2) is 12.8 Å². The van der Waals surface area contributed by atoms with Crippen LogP contribution in [-0.4, -0.2) is 82.9 Å². The number of fused-ring (bicyclic) bond motifs is 1. The van der Waals surface area contributed by atoms with Gasteiger partial charge in [0.25, 0.3) is 5.91 Å². The number of likely N-dealkylation sites (N-methyl/N-ethyl adjacent to an activating group) is 2. The number of nitrogens with zero attached hydrogens (tertiary/aromatic N) is 3. The Balaban J connectivity index is 1.66. The summed E-state index contributed by atoms with van der Waals surface area (Å²) in [6.45, 7) is 5.38. The third-order valence-corrected chi connectivity index (χ3v) is 8.70. The fraction of sp³-hybridized carbons (Fsp3) is 0.333. The molecule has 0 spiro atoms. The summed E-state index contributed by atoms with van der Waals surface area (Å²) in [5.74, 6) is -0.908.